The van der Waals surface area contributed by atoms with Crippen molar-refractivity contribution in [2.45, 2.75) is 38.5 Å². The molecule has 1 aromatic heterocycles. The van der Waals surface area contributed by atoms with Crippen molar-refractivity contribution in [2.75, 3.05) is 13.2 Å². The minimum absolute atomic E-state index is 0.125. The molecule has 0 unspecified atom stereocenters. The number of ether oxygens (including phenoxy) is 1. The maximum Gasteiger partial charge on any atom is 0.237 e. The van der Waals surface area contributed by atoms with Gasteiger partial charge in [0.25, 0.3) is 0 Å². The Kier molecular flexibility index (Phi) is 4.54. The van der Waals surface area contributed by atoms with Crippen LogP contribution in [0.2, 0.25) is 0 Å². The number of para-hydroxylation sites is 1. The highest BCUT2D eigenvalue weighted by Gasteiger charge is 2.29. The van der Waals surface area contributed by atoms with Crippen LogP contribution in [0.4, 0.5) is 0 Å². The summed E-state index contributed by atoms with van der Waals surface area (Å²) >= 11 is 0. The number of benzene rings is 1. The summed E-state index contributed by atoms with van der Waals surface area (Å²) < 4.78 is 11.5. The van der Waals surface area contributed by atoms with Gasteiger partial charge < -0.3 is 24.9 Å². The van der Waals surface area contributed by atoms with Crippen molar-refractivity contribution in [3.8, 4) is 5.75 Å². The van der Waals surface area contributed by atoms with E-state index in [4.69, 9.17) is 9.15 Å². The lowest BCUT2D eigenvalue weighted by molar-refractivity contribution is -0.123. The van der Waals surface area contributed by atoms with Crippen molar-refractivity contribution in [1.82, 2.24) is 10.6 Å². The maximum absolute atomic E-state index is 12.2. The topological polar surface area (TPSA) is 83.7 Å². The van der Waals surface area contributed by atoms with Crippen LogP contribution in [0.15, 0.2) is 28.7 Å². The largest absolute Gasteiger partial charge is 0.490 e. The summed E-state index contributed by atoms with van der Waals surface area (Å²) in [6, 6.07) is 7.04. The van der Waals surface area contributed by atoms with Gasteiger partial charge in [0.15, 0.2) is 11.3 Å². The van der Waals surface area contributed by atoms with Gasteiger partial charge in [0.2, 0.25) is 5.91 Å². The third-order valence-corrected chi connectivity index (χ3v) is 4.04. The molecular formula is C17H22N2O4. The summed E-state index contributed by atoms with van der Waals surface area (Å²) in [6.07, 6.45) is -0.0197. The zero-order valence-corrected chi connectivity index (χ0v) is 13.3. The van der Waals surface area contributed by atoms with Crippen LogP contribution in [0.25, 0.3) is 11.0 Å². The first-order valence-electron chi connectivity index (χ1n) is 7.95. The van der Waals surface area contributed by atoms with E-state index in [1.807, 2.05) is 38.1 Å². The minimum Gasteiger partial charge on any atom is -0.490 e. The molecule has 1 aliphatic heterocycles. The Hall–Kier alpha value is -2.05. The average Bonchev–Trinajstić information content (AvgIpc) is 3.14. The van der Waals surface area contributed by atoms with Crippen molar-refractivity contribution in [3.05, 3.63) is 30.0 Å². The first-order valence-corrected chi connectivity index (χ1v) is 7.95. The number of hydrogen-bond donors (Lipinski definition) is 3. The maximum atomic E-state index is 12.2. The standard InChI is InChI=1S/C17H22N2O4/c1-3-22-14-6-4-5-11-7-15(23-16(11)14)10(2)19-17(21)13-8-12(20)9-18-13/h4-7,10,12-13,18,20H,3,8-9H2,1-2H3,(H,19,21)/t10-,12+,13+/m0/s1. The number of β-amino-alcohol motifs (C(OH)–C–C–N with tert-alkyl or cyclic N) is 1. The lowest BCUT2D eigenvalue weighted by atomic mass is 10.1. The second kappa shape index (κ2) is 6.60. The van der Waals surface area contributed by atoms with Crippen LogP contribution in [0.1, 0.15) is 32.1 Å². The van der Waals surface area contributed by atoms with Crippen molar-refractivity contribution >= 4 is 16.9 Å². The van der Waals surface area contributed by atoms with E-state index in [0.29, 0.717) is 36.7 Å². The van der Waals surface area contributed by atoms with Crippen molar-refractivity contribution < 1.29 is 19.1 Å². The van der Waals surface area contributed by atoms with Gasteiger partial charge in [0.05, 0.1) is 24.8 Å². The monoisotopic (exact) mass is 318 g/mol. The lowest BCUT2D eigenvalue weighted by Gasteiger charge is -2.15. The highest BCUT2D eigenvalue weighted by Crippen LogP contribution is 2.31. The molecule has 1 aliphatic rings. The summed E-state index contributed by atoms with van der Waals surface area (Å²) in [5.74, 6) is 1.26. The predicted molar refractivity (Wildman–Crippen MR) is 86.4 cm³/mol. The van der Waals surface area contributed by atoms with Gasteiger partial charge >= 0.3 is 0 Å². The molecule has 2 aromatic rings. The fourth-order valence-electron chi connectivity index (χ4n) is 2.84. The van der Waals surface area contributed by atoms with Crippen molar-refractivity contribution in [1.29, 1.82) is 0 Å². The number of carbonyl (C=O) groups excluding carboxylic acids is 1. The fourth-order valence-corrected chi connectivity index (χ4v) is 2.84. The highest BCUT2D eigenvalue weighted by molar-refractivity contribution is 5.85. The number of furan rings is 1. The van der Waals surface area contributed by atoms with Gasteiger partial charge in [-0.15, -0.1) is 0 Å². The third kappa shape index (κ3) is 3.33. The number of nitrogens with one attached hydrogen (secondary N) is 2. The van der Waals surface area contributed by atoms with Crippen LogP contribution in [0, 0.1) is 0 Å². The van der Waals surface area contributed by atoms with Gasteiger partial charge in [-0.2, -0.15) is 0 Å². The van der Waals surface area contributed by atoms with E-state index in [1.54, 1.807) is 0 Å². The molecule has 0 radical (unpaired) electrons. The van der Waals surface area contributed by atoms with Crippen LogP contribution in [0.5, 0.6) is 5.75 Å². The molecule has 1 amide bonds. The molecule has 1 fully saturated rings. The summed E-state index contributed by atoms with van der Waals surface area (Å²) in [5.41, 5.74) is 0.694. The Morgan fingerprint density at radius 1 is 1.57 bits per heavy atom. The van der Waals surface area contributed by atoms with Crippen LogP contribution in [-0.2, 0) is 4.79 Å². The lowest BCUT2D eigenvalue weighted by Crippen LogP contribution is -2.41. The third-order valence-electron chi connectivity index (χ3n) is 4.04. The molecule has 3 N–H and O–H groups in total. The summed E-state index contributed by atoms with van der Waals surface area (Å²) in [4.78, 5) is 12.2. The molecule has 6 heteroatoms. The number of aliphatic hydroxyl groups is 1. The van der Waals surface area contributed by atoms with Crippen molar-refractivity contribution in [2.24, 2.45) is 0 Å². The average molecular weight is 318 g/mol. The summed E-state index contributed by atoms with van der Waals surface area (Å²) in [6.45, 7) is 4.82. The Labute approximate surface area is 134 Å². The Balaban J connectivity index is 1.74. The van der Waals surface area contributed by atoms with Crippen molar-refractivity contribution in [3.63, 3.8) is 0 Å². The number of carbonyl (C=O) groups is 1. The molecule has 1 saturated heterocycles. The highest BCUT2D eigenvalue weighted by atomic mass is 16.5. The Morgan fingerprint density at radius 2 is 2.39 bits per heavy atom. The second-order valence-electron chi connectivity index (χ2n) is 5.84. The molecule has 3 rings (SSSR count). The zero-order valence-electron chi connectivity index (χ0n) is 13.3. The Bertz CT molecular complexity index is 697. The van der Waals surface area contributed by atoms with Gasteiger partial charge in [0.1, 0.15) is 5.76 Å². The number of fused-ring (bicyclic) bond motifs is 1. The van der Waals surface area contributed by atoms with Gasteiger partial charge in [0, 0.05) is 11.9 Å². The molecule has 0 aliphatic carbocycles. The number of aliphatic hydroxyl groups excluding tert-OH is 1. The van der Waals surface area contributed by atoms with Gasteiger partial charge in [-0.1, -0.05) is 12.1 Å². The Morgan fingerprint density at radius 3 is 3.09 bits per heavy atom. The van der Waals surface area contributed by atoms with Crippen LogP contribution < -0.4 is 15.4 Å². The number of amides is 1. The summed E-state index contributed by atoms with van der Waals surface area (Å²) in [5, 5.41) is 16.4. The van der Waals surface area contributed by atoms with Gasteiger partial charge in [-0.3, -0.25) is 4.79 Å². The molecule has 6 nitrogen and oxygen atoms in total. The molecule has 124 valence electrons. The van der Waals surface area contributed by atoms with Crippen LogP contribution >= 0.6 is 0 Å². The molecule has 1 aromatic carbocycles. The number of rotatable bonds is 5. The minimum atomic E-state index is -0.457. The molecular weight excluding hydrogens is 296 g/mol. The molecule has 0 bridgehead atoms. The van der Waals surface area contributed by atoms with E-state index < -0.39 is 6.10 Å². The van der Waals surface area contributed by atoms with E-state index in [1.165, 1.54) is 0 Å². The van der Waals surface area contributed by atoms with E-state index in [0.717, 1.165) is 5.39 Å². The number of hydrogen-bond acceptors (Lipinski definition) is 5. The molecule has 3 atom stereocenters. The predicted octanol–water partition coefficient (Wildman–Crippen LogP) is 1.73. The van der Waals surface area contributed by atoms with Crippen LogP contribution in [-0.4, -0.2) is 36.3 Å². The van der Waals surface area contributed by atoms with E-state index in [2.05, 4.69) is 10.6 Å². The SMILES string of the molecule is CCOc1cccc2cc([C@H](C)NC(=O)[C@H]3C[C@@H](O)CN3)oc12. The molecule has 0 spiro atoms. The zero-order chi connectivity index (χ0) is 16.4. The quantitative estimate of drug-likeness (QED) is 0.782. The van der Waals surface area contributed by atoms with Gasteiger partial charge in [-0.05, 0) is 32.4 Å². The summed E-state index contributed by atoms with van der Waals surface area (Å²) in [7, 11) is 0. The van der Waals surface area contributed by atoms with Gasteiger partial charge in [-0.25, -0.2) is 0 Å². The molecule has 23 heavy (non-hydrogen) atoms. The van der Waals surface area contributed by atoms with E-state index >= 15 is 0 Å². The molecule has 2 heterocycles. The van der Waals surface area contributed by atoms with Crippen LogP contribution in [0.3, 0.4) is 0 Å². The molecule has 0 saturated carbocycles. The smallest absolute Gasteiger partial charge is 0.237 e. The fraction of sp³-hybridized carbons (Fsp3) is 0.471. The normalized spacial score (nSPS) is 22.2. The second-order valence-corrected chi connectivity index (χ2v) is 5.84. The first kappa shape index (κ1) is 15.8. The first-order chi connectivity index (χ1) is 11.1. The van der Waals surface area contributed by atoms with E-state index in [-0.39, 0.29) is 18.0 Å². The van der Waals surface area contributed by atoms with E-state index in [9.17, 15) is 9.90 Å².